The number of hydrogen-bond donors (Lipinski definition) is 3. The molecule has 2 aliphatic rings. The first kappa shape index (κ1) is 22.4. The van der Waals surface area contributed by atoms with Crippen LogP contribution in [0, 0.1) is 12.8 Å². The molecule has 3 N–H and O–H groups in total. The number of halogens is 1. The second-order valence-electron chi connectivity index (χ2n) is 8.97. The molecule has 3 unspecified atom stereocenters. The quantitative estimate of drug-likeness (QED) is 0.501. The van der Waals surface area contributed by atoms with Gasteiger partial charge in [-0.25, -0.2) is 0 Å². The molecule has 0 radical (unpaired) electrons. The molecule has 34 heavy (non-hydrogen) atoms. The number of aryl methyl sites for hydroxylation is 1. The van der Waals surface area contributed by atoms with Crippen LogP contribution in [0.4, 0.5) is 11.4 Å². The van der Waals surface area contributed by atoms with Gasteiger partial charge in [-0.2, -0.15) is 0 Å². The van der Waals surface area contributed by atoms with Gasteiger partial charge in [0.2, 0.25) is 11.8 Å². The summed E-state index contributed by atoms with van der Waals surface area (Å²) in [4.78, 5) is 27.2. The van der Waals surface area contributed by atoms with Crippen molar-refractivity contribution in [2.24, 2.45) is 5.92 Å². The van der Waals surface area contributed by atoms with Crippen molar-refractivity contribution in [3.63, 3.8) is 0 Å². The maximum Gasteiger partial charge on any atom is 0.250 e. The summed E-state index contributed by atoms with van der Waals surface area (Å²) in [5, 5.41) is 9.98. The van der Waals surface area contributed by atoms with Crippen molar-refractivity contribution < 1.29 is 14.3 Å². The number of nitrogens with one attached hydrogen (secondary N) is 3. The fourth-order valence-corrected chi connectivity index (χ4v) is 5.51. The van der Waals surface area contributed by atoms with Crippen LogP contribution < -0.4 is 20.7 Å². The molecule has 0 aromatic heterocycles. The molecule has 3 atom stereocenters. The topological polar surface area (TPSA) is 79.5 Å². The lowest BCUT2D eigenvalue weighted by Gasteiger charge is -2.29. The number of ether oxygens (including phenoxy) is 1. The Kier molecular flexibility index (Phi) is 5.80. The van der Waals surface area contributed by atoms with Crippen molar-refractivity contribution in [2.75, 3.05) is 17.7 Å². The van der Waals surface area contributed by atoms with Crippen molar-refractivity contribution in [1.29, 1.82) is 0 Å². The number of rotatable bonds is 5. The smallest absolute Gasteiger partial charge is 0.250 e. The van der Waals surface area contributed by atoms with Gasteiger partial charge in [0.15, 0.2) is 0 Å². The third kappa shape index (κ3) is 3.83. The van der Waals surface area contributed by atoms with Crippen molar-refractivity contribution in [1.82, 2.24) is 5.32 Å². The van der Waals surface area contributed by atoms with Crippen molar-refractivity contribution in [3.05, 3.63) is 88.4 Å². The van der Waals surface area contributed by atoms with E-state index in [0.29, 0.717) is 35.0 Å². The molecule has 0 saturated carbocycles. The lowest BCUT2D eigenvalue weighted by atomic mass is 9.79. The van der Waals surface area contributed by atoms with Gasteiger partial charge in [0.05, 0.1) is 23.7 Å². The Morgan fingerprint density at radius 1 is 1.15 bits per heavy atom. The van der Waals surface area contributed by atoms with Crippen LogP contribution in [0.2, 0.25) is 5.02 Å². The molecule has 2 amide bonds. The van der Waals surface area contributed by atoms with Gasteiger partial charge in [-0.1, -0.05) is 48.0 Å². The van der Waals surface area contributed by atoms with Crippen molar-refractivity contribution >= 4 is 34.8 Å². The van der Waals surface area contributed by atoms with E-state index in [1.165, 1.54) is 0 Å². The maximum absolute atomic E-state index is 13.7. The molecule has 5 rings (SSSR count). The van der Waals surface area contributed by atoms with Crippen LogP contribution >= 0.6 is 11.6 Å². The first-order valence-electron chi connectivity index (χ1n) is 11.3. The first-order valence-corrected chi connectivity index (χ1v) is 11.7. The third-order valence-corrected chi connectivity index (χ3v) is 7.03. The number of fused-ring (bicyclic) bond motifs is 2. The molecule has 6 nitrogen and oxygen atoms in total. The van der Waals surface area contributed by atoms with E-state index in [9.17, 15) is 9.59 Å². The van der Waals surface area contributed by atoms with E-state index in [1.807, 2.05) is 37.3 Å². The van der Waals surface area contributed by atoms with Crippen LogP contribution in [0.5, 0.6) is 5.75 Å². The van der Waals surface area contributed by atoms with Gasteiger partial charge in [0, 0.05) is 17.3 Å². The maximum atomic E-state index is 13.7. The van der Waals surface area contributed by atoms with Gasteiger partial charge in [0.25, 0.3) is 0 Å². The Balaban J connectivity index is 1.52. The number of methoxy groups -OCH3 is 1. The van der Waals surface area contributed by atoms with E-state index < -0.39 is 11.5 Å². The number of amides is 2. The van der Waals surface area contributed by atoms with Gasteiger partial charge >= 0.3 is 0 Å². The number of carbonyl (C=O) groups is 2. The minimum Gasteiger partial charge on any atom is -0.497 e. The van der Waals surface area contributed by atoms with Gasteiger partial charge in [-0.05, 0) is 61.2 Å². The van der Waals surface area contributed by atoms with Crippen LogP contribution in [0.15, 0.2) is 66.7 Å². The molecule has 2 aliphatic heterocycles. The SMILES string of the molecule is COc1ccc(NC(=O)C2CC(Cc3ccccc3)NC23C(=O)Nc2c(Cl)cc(C)cc23)cc1. The Bertz CT molecular complexity index is 1250. The zero-order valence-electron chi connectivity index (χ0n) is 19.0. The molecule has 7 heteroatoms. The summed E-state index contributed by atoms with van der Waals surface area (Å²) in [5.74, 6) is -0.383. The molecule has 0 bridgehead atoms. The Hall–Kier alpha value is -3.35. The summed E-state index contributed by atoms with van der Waals surface area (Å²) in [6.07, 6.45) is 1.21. The molecule has 3 aromatic carbocycles. The monoisotopic (exact) mass is 475 g/mol. The minimum absolute atomic E-state index is 0.0648. The second-order valence-corrected chi connectivity index (χ2v) is 9.38. The Morgan fingerprint density at radius 3 is 2.59 bits per heavy atom. The Labute approximate surface area is 203 Å². The third-order valence-electron chi connectivity index (χ3n) is 6.73. The normalized spacial score (nSPS) is 23.0. The van der Waals surface area contributed by atoms with Crippen LogP contribution in [0.3, 0.4) is 0 Å². The average Bonchev–Trinajstić information content (AvgIpc) is 3.34. The van der Waals surface area contributed by atoms with Crippen molar-refractivity contribution in [3.8, 4) is 5.75 Å². The fraction of sp³-hybridized carbons (Fsp3) is 0.259. The summed E-state index contributed by atoms with van der Waals surface area (Å²) >= 11 is 6.50. The highest BCUT2D eigenvalue weighted by molar-refractivity contribution is 6.35. The first-order chi connectivity index (χ1) is 16.4. The van der Waals surface area contributed by atoms with E-state index in [-0.39, 0.29) is 17.9 Å². The summed E-state index contributed by atoms with van der Waals surface area (Å²) in [7, 11) is 1.59. The van der Waals surface area contributed by atoms with Gasteiger partial charge in [-0.3, -0.25) is 14.9 Å². The van der Waals surface area contributed by atoms with E-state index >= 15 is 0 Å². The number of carbonyl (C=O) groups excluding carboxylic acids is 2. The molecule has 2 heterocycles. The van der Waals surface area contributed by atoms with E-state index in [1.54, 1.807) is 31.4 Å². The highest BCUT2D eigenvalue weighted by atomic mass is 35.5. The van der Waals surface area contributed by atoms with Crippen LogP contribution in [-0.4, -0.2) is 25.0 Å². The standard InChI is InChI=1S/C27H26ClN3O3/c1-16-12-21-24(23(28)13-16)30-26(33)27(21)22(15-19(31-27)14-17-6-4-3-5-7-17)25(32)29-18-8-10-20(34-2)11-9-18/h3-13,19,22,31H,14-15H2,1-2H3,(H,29,32)(H,30,33). The number of hydrogen-bond acceptors (Lipinski definition) is 4. The van der Waals surface area contributed by atoms with Gasteiger partial charge < -0.3 is 15.4 Å². The largest absolute Gasteiger partial charge is 0.497 e. The van der Waals surface area contributed by atoms with E-state index in [0.717, 1.165) is 16.7 Å². The zero-order valence-corrected chi connectivity index (χ0v) is 19.8. The summed E-state index contributed by atoms with van der Waals surface area (Å²) in [6, 6.07) is 20.9. The predicted octanol–water partition coefficient (Wildman–Crippen LogP) is 4.66. The molecule has 0 aliphatic carbocycles. The molecule has 1 fully saturated rings. The van der Waals surface area contributed by atoms with E-state index in [2.05, 4.69) is 28.1 Å². The zero-order chi connectivity index (χ0) is 23.9. The minimum atomic E-state index is -1.19. The molecule has 1 saturated heterocycles. The van der Waals surface area contributed by atoms with Crippen LogP contribution in [-0.2, 0) is 21.5 Å². The lowest BCUT2D eigenvalue weighted by molar-refractivity contribution is -0.130. The predicted molar refractivity (Wildman–Crippen MR) is 133 cm³/mol. The van der Waals surface area contributed by atoms with Crippen LogP contribution in [0.1, 0.15) is 23.1 Å². The molecular formula is C27H26ClN3O3. The van der Waals surface area contributed by atoms with Crippen molar-refractivity contribution in [2.45, 2.75) is 31.3 Å². The molecule has 3 aromatic rings. The highest BCUT2D eigenvalue weighted by Crippen LogP contribution is 2.50. The highest BCUT2D eigenvalue weighted by Gasteiger charge is 2.60. The lowest BCUT2D eigenvalue weighted by Crippen LogP contribution is -2.52. The summed E-state index contributed by atoms with van der Waals surface area (Å²) in [6.45, 7) is 1.94. The Morgan fingerprint density at radius 2 is 1.88 bits per heavy atom. The van der Waals surface area contributed by atoms with Crippen LogP contribution in [0.25, 0.3) is 0 Å². The molecular weight excluding hydrogens is 450 g/mol. The van der Waals surface area contributed by atoms with E-state index in [4.69, 9.17) is 16.3 Å². The molecule has 174 valence electrons. The molecule has 1 spiro atoms. The van der Waals surface area contributed by atoms with Gasteiger partial charge in [0.1, 0.15) is 11.3 Å². The fourth-order valence-electron chi connectivity index (χ4n) is 5.19. The number of benzene rings is 3. The number of anilines is 2. The second kappa shape index (κ2) is 8.78. The summed E-state index contributed by atoms with van der Waals surface area (Å²) in [5.41, 5.74) is 2.84. The average molecular weight is 476 g/mol. The van der Waals surface area contributed by atoms with Gasteiger partial charge in [-0.15, -0.1) is 0 Å². The summed E-state index contributed by atoms with van der Waals surface area (Å²) < 4.78 is 5.21.